The molecule has 8 nitrogen and oxygen atoms in total. The highest BCUT2D eigenvalue weighted by Gasteiger charge is 2.72. The van der Waals surface area contributed by atoms with Crippen LogP contribution in [-0.4, -0.2) is 46.6 Å². The average molecular weight is 628 g/mol. The predicted octanol–water partition coefficient (Wildman–Crippen LogP) is 5.66. The van der Waals surface area contributed by atoms with Crippen molar-refractivity contribution in [3.8, 4) is 0 Å². The smallest absolute Gasteiger partial charge is 0.238 e. The highest BCUT2D eigenvalue weighted by atomic mass is 35.5. The fourth-order valence-electron chi connectivity index (χ4n) is 8.26. The lowest BCUT2D eigenvalue weighted by Gasteiger charge is -2.50. The summed E-state index contributed by atoms with van der Waals surface area (Å²) in [6.07, 6.45) is 5.49. The molecular weight excluding hydrogens is 587 g/mol. The van der Waals surface area contributed by atoms with Gasteiger partial charge in [-0.25, -0.2) is 0 Å². The molecule has 2 aromatic carbocycles. The van der Waals surface area contributed by atoms with Gasteiger partial charge >= 0.3 is 0 Å². The van der Waals surface area contributed by atoms with Crippen LogP contribution < -0.4 is 21.3 Å². The van der Waals surface area contributed by atoms with E-state index in [-0.39, 0.29) is 35.3 Å². The lowest BCUT2D eigenvalue weighted by atomic mass is 9.53. The summed E-state index contributed by atoms with van der Waals surface area (Å²) < 4.78 is 0. The highest BCUT2D eigenvalue weighted by molar-refractivity contribution is 6.31. The topological polar surface area (TPSA) is 120 Å². The minimum absolute atomic E-state index is 0.0612. The van der Waals surface area contributed by atoms with E-state index in [9.17, 15) is 19.5 Å². The lowest BCUT2D eigenvalue weighted by Crippen LogP contribution is -2.61. The zero-order valence-electron chi connectivity index (χ0n) is 24.9. The molecule has 2 aromatic rings. The average Bonchev–Trinajstić information content (AvgIpc) is 3.39. The van der Waals surface area contributed by atoms with E-state index in [0.717, 1.165) is 18.4 Å². The third-order valence-electron chi connectivity index (χ3n) is 10.4. The van der Waals surface area contributed by atoms with Gasteiger partial charge in [0.25, 0.3) is 0 Å². The van der Waals surface area contributed by atoms with Crippen molar-refractivity contribution in [2.24, 2.45) is 5.41 Å². The summed E-state index contributed by atoms with van der Waals surface area (Å²) in [7, 11) is 0. The number of anilines is 2. The number of amides is 3. The SMILES string of the molecule is CC(=O)Nc1cc(Cl)cc([C@H]2[C@H](C(=O)N[C@H]3CC[C@H](O)CC3)NC3(CCC(C)(C)CC3)[C@@]23C(=O)Nc2cc(Cl)ccc23)c1. The number of carbonyl (C=O) groups excluding carboxylic acids is 3. The molecule has 2 aliphatic heterocycles. The second-order valence-corrected chi connectivity index (χ2v) is 14.6. The van der Waals surface area contributed by atoms with Gasteiger partial charge in [0.05, 0.1) is 12.1 Å². The largest absolute Gasteiger partial charge is 0.393 e. The van der Waals surface area contributed by atoms with Crippen LogP contribution in [-0.2, 0) is 19.8 Å². The van der Waals surface area contributed by atoms with Crippen LogP contribution in [0.25, 0.3) is 0 Å². The van der Waals surface area contributed by atoms with Crippen LogP contribution in [0.1, 0.15) is 89.2 Å². The van der Waals surface area contributed by atoms with Crippen LogP contribution in [0.15, 0.2) is 36.4 Å². The van der Waals surface area contributed by atoms with Crippen molar-refractivity contribution < 1.29 is 19.5 Å². The normalized spacial score (nSPS) is 30.6. The van der Waals surface area contributed by atoms with Crippen molar-refractivity contribution >= 4 is 52.3 Å². The molecule has 0 unspecified atom stereocenters. The first-order valence-corrected chi connectivity index (χ1v) is 16.0. The zero-order chi connectivity index (χ0) is 30.7. The summed E-state index contributed by atoms with van der Waals surface area (Å²) in [5, 5.41) is 24.0. The monoisotopic (exact) mass is 626 g/mol. The minimum atomic E-state index is -1.15. The van der Waals surface area contributed by atoms with Gasteiger partial charge < -0.3 is 21.1 Å². The number of benzene rings is 2. The van der Waals surface area contributed by atoms with Crippen LogP contribution in [0.4, 0.5) is 11.4 Å². The molecule has 2 aliphatic carbocycles. The molecule has 3 amide bonds. The maximum Gasteiger partial charge on any atom is 0.238 e. The van der Waals surface area contributed by atoms with E-state index >= 15 is 0 Å². The van der Waals surface area contributed by atoms with Gasteiger partial charge in [-0.05, 0) is 98.2 Å². The van der Waals surface area contributed by atoms with Crippen molar-refractivity contribution in [3.63, 3.8) is 0 Å². The Bertz CT molecular complexity index is 1460. The number of halogens is 2. The highest BCUT2D eigenvalue weighted by Crippen LogP contribution is 2.64. The van der Waals surface area contributed by atoms with E-state index in [1.807, 2.05) is 18.2 Å². The summed E-state index contributed by atoms with van der Waals surface area (Å²) >= 11 is 13.1. The first-order chi connectivity index (χ1) is 20.3. The number of aliphatic hydroxyl groups excluding tert-OH is 1. The van der Waals surface area contributed by atoms with Gasteiger partial charge in [0, 0.05) is 45.8 Å². The van der Waals surface area contributed by atoms with E-state index in [2.05, 4.69) is 35.1 Å². The quantitative estimate of drug-likeness (QED) is 0.300. The van der Waals surface area contributed by atoms with Crippen molar-refractivity contribution in [3.05, 3.63) is 57.6 Å². The number of hydrogen-bond donors (Lipinski definition) is 5. The minimum Gasteiger partial charge on any atom is -0.393 e. The number of aliphatic hydroxyl groups is 1. The van der Waals surface area contributed by atoms with Gasteiger partial charge in [0.1, 0.15) is 5.41 Å². The Labute approximate surface area is 262 Å². The van der Waals surface area contributed by atoms with Crippen molar-refractivity contribution in [2.75, 3.05) is 10.6 Å². The van der Waals surface area contributed by atoms with Gasteiger partial charge in [0.2, 0.25) is 17.7 Å². The Morgan fingerprint density at radius 2 is 1.65 bits per heavy atom. The molecule has 1 saturated heterocycles. The van der Waals surface area contributed by atoms with Gasteiger partial charge in [-0.1, -0.05) is 43.1 Å². The second-order valence-electron chi connectivity index (χ2n) is 13.8. The molecule has 230 valence electrons. The Morgan fingerprint density at radius 1 is 0.953 bits per heavy atom. The zero-order valence-corrected chi connectivity index (χ0v) is 26.4. The van der Waals surface area contributed by atoms with Crippen LogP contribution in [0.5, 0.6) is 0 Å². The van der Waals surface area contributed by atoms with Crippen molar-refractivity contribution in [2.45, 2.75) is 107 Å². The molecule has 5 N–H and O–H groups in total. The number of carbonyl (C=O) groups is 3. The first-order valence-electron chi connectivity index (χ1n) is 15.3. The van der Waals surface area contributed by atoms with E-state index in [1.165, 1.54) is 6.92 Å². The molecule has 2 heterocycles. The number of rotatable bonds is 4. The third-order valence-corrected chi connectivity index (χ3v) is 10.8. The Hall–Kier alpha value is -2.65. The molecule has 0 radical (unpaired) electrons. The van der Waals surface area contributed by atoms with Crippen LogP contribution in [0.3, 0.4) is 0 Å². The van der Waals surface area contributed by atoms with E-state index in [4.69, 9.17) is 23.2 Å². The fraction of sp³-hybridized carbons (Fsp3) is 0.545. The van der Waals surface area contributed by atoms with Crippen molar-refractivity contribution in [1.82, 2.24) is 10.6 Å². The molecular formula is C33H40Cl2N4O4. The molecule has 0 bridgehead atoms. The molecule has 43 heavy (non-hydrogen) atoms. The van der Waals surface area contributed by atoms with Gasteiger partial charge in [-0.15, -0.1) is 0 Å². The van der Waals surface area contributed by atoms with Crippen molar-refractivity contribution in [1.29, 1.82) is 0 Å². The van der Waals surface area contributed by atoms with E-state index in [1.54, 1.807) is 18.2 Å². The molecule has 4 aliphatic rings. The maximum absolute atomic E-state index is 14.7. The number of hydrogen-bond acceptors (Lipinski definition) is 5. The fourth-order valence-corrected chi connectivity index (χ4v) is 8.68. The Balaban J connectivity index is 1.54. The van der Waals surface area contributed by atoms with Crippen LogP contribution in [0.2, 0.25) is 10.0 Å². The summed E-state index contributed by atoms with van der Waals surface area (Å²) in [4.78, 5) is 41.1. The summed E-state index contributed by atoms with van der Waals surface area (Å²) in [5.74, 6) is -1.23. The molecule has 2 saturated carbocycles. The molecule has 3 atom stereocenters. The number of fused-ring (bicyclic) bond motifs is 3. The molecule has 10 heteroatoms. The van der Waals surface area contributed by atoms with Crippen LogP contribution in [0, 0.1) is 5.41 Å². The predicted molar refractivity (Wildman–Crippen MR) is 169 cm³/mol. The maximum atomic E-state index is 14.7. The second kappa shape index (κ2) is 11.1. The molecule has 2 spiro atoms. The summed E-state index contributed by atoms with van der Waals surface area (Å²) in [5.41, 5.74) is 0.897. The summed E-state index contributed by atoms with van der Waals surface area (Å²) in [6, 6.07) is 10.0. The van der Waals surface area contributed by atoms with E-state index < -0.39 is 22.9 Å². The summed E-state index contributed by atoms with van der Waals surface area (Å²) in [6.45, 7) is 5.93. The lowest BCUT2D eigenvalue weighted by molar-refractivity contribution is -0.125. The standard InChI is InChI=1S/C33H40Cl2N4O4/c1-18(40)36-23-15-19(14-21(35)16-23)27-28(29(42)37-22-5-7-24(41)8-6-22)39-32(12-10-31(2,3)11-13-32)33(27)25-9-4-20(34)17-26(25)38-30(33)43/h4,9,14-17,22,24,27-28,39,41H,5-8,10-13H2,1-3H3,(H,36,40)(H,37,42)(H,38,43)/t22-,24-,27-,28+,33+/m0/s1. The third kappa shape index (κ3) is 5.24. The Kier molecular flexibility index (Phi) is 7.81. The van der Waals surface area contributed by atoms with Crippen LogP contribution >= 0.6 is 23.2 Å². The first kappa shape index (κ1) is 30.4. The Morgan fingerprint density at radius 3 is 2.33 bits per heavy atom. The number of nitrogens with one attached hydrogen (secondary N) is 4. The van der Waals surface area contributed by atoms with Gasteiger partial charge in [-0.2, -0.15) is 0 Å². The van der Waals surface area contributed by atoms with Gasteiger partial charge in [0.15, 0.2) is 0 Å². The molecule has 0 aromatic heterocycles. The van der Waals surface area contributed by atoms with Gasteiger partial charge in [-0.3, -0.25) is 19.7 Å². The van der Waals surface area contributed by atoms with E-state index in [0.29, 0.717) is 65.5 Å². The molecule has 6 rings (SSSR count). The molecule has 3 fully saturated rings.